The SMILES string of the molecule is CC(C)(C)c1ccc(N2c3ccccc3B3c4ccc(-c5ccc(O)cc5)cc4N(c4ccc(C(C)(C)C)cc4)c4cc(-c5ccc(O)cc5)cc2c43)cc1. The Bertz CT molecular complexity index is 2560. The first-order valence-electron chi connectivity index (χ1n) is 19.2. The Kier molecular flexibility index (Phi) is 7.98. The zero-order chi connectivity index (χ0) is 38.2. The monoisotopic (exact) mass is 716 g/mol. The summed E-state index contributed by atoms with van der Waals surface area (Å²) in [6.07, 6.45) is 0. The zero-order valence-corrected chi connectivity index (χ0v) is 32.3. The molecule has 7 aromatic rings. The second kappa shape index (κ2) is 12.7. The van der Waals surface area contributed by atoms with Gasteiger partial charge in [0.25, 0.3) is 6.71 Å². The van der Waals surface area contributed by atoms with Gasteiger partial charge in [-0.1, -0.05) is 120 Å². The van der Waals surface area contributed by atoms with Crippen molar-refractivity contribution in [2.45, 2.75) is 52.4 Å². The molecule has 0 spiro atoms. The van der Waals surface area contributed by atoms with Gasteiger partial charge in [0.15, 0.2) is 0 Å². The molecule has 0 aromatic heterocycles. The summed E-state index contributed by atoms with van der Waals surface area (Å²) in [6.45, 7) is 13.5. The number of hydrogen-bond acceptors (Lipinski definition) is 4. The minimum Gasteiger partial charge on any atom is -0.508 e. The Morgan fingerprint density at radius 2 is 0.818 bits per heavy atom. The topological polar surface area (TPSA) is 46.9 Å². The highest BCUT2D eigenvalue weighted by Gasteiger charge is 2.43. The minimum absolute atomic E-state index is 0.0141. The van der Waals surface area contributed by atoms with Gasteiger partial charge in [0.2, 0.25) is 0 Å². The van der Waals surface area contributed by atoms with Crippen LogP contribution in [0, 0.1) is 0 Å². The van der Waals surface area contributed by atoms with Crippen molar-refractivity contribution in [2.75, 3.05) is 9.80 Å². The molecular weight excluding hydrogens is 671 g/mol. The van der Waals surface area contributed by atoms with Gasteiger partial charge in [0, 0.05) is 34.1 Å². The smallest absolute Gasteiger partial charge is 0.252 e. The van der Waals surface area contributed by atoms with Crippen LogP contribution in [0.4, 0.5) is 34.1 Å². The molecule has 5 heteroatoms. The third-order valence-electron chi connectivity index (χ3n) is 11.4. The molecular formula is C50H45BN2O2. The van der Waals surface area contributed by atoms with E-state index in [4.69, 9.17) is 0 Å². The average Bonchev–Trinajstić information content (AvgIpc) is 3.17. The molecule has 4 nitrogen and oxygen atoms in total. The molecule has 270 valence electrons. The van der Waals surface area contributed by atoms with Crippen molar-refractivity contribution in [1.29, 1.82) is 0 Å². The lowest BCUT2D eigenvalue weighted by molar-refractivity contribution is 0.475. The molecule has 0 unspecified atom stereocenters. The number of para-hydroxylation sites is 1. The summed E-state index contributed by atoms with van der Waals surface area (Å²) in [5.41, 5.74) is 17.3. The van der Waals surface area contributed by atoms with E-state index in [1.165, 1.54) is 27.5 Å². The van der Waals surface area contributed by atoms with E-state index in [0.29, 0.717) is 0 Å². The van der Waals surface area contributed by atoms with Crippen LogP contribution in [0.15, 0.2) is 152 Å². The second-order valence-corrected chi connectivity index (χ2v) is 17.1. The highest BCUT2D eigenvalue weighted by atomic mass is 16.3. The van der Waals surface area contributed by atoms with Crippen LogP contribution in [-0.4, -0.2) is 16.9 Å². The van der Waals surface area contributed by atoms with Crippen LogP contribution in [0.25, 0.3) is 22.3 Å². The maximum atomic E-state index is 10.3. The van der Waals surface area contributed by atoms with E-state index in [0.717, 1.165) is 56.4 Å². The van der Waals surface area contributed by atoms with Crippen LogP contribution in [0.3, 0.4) is 0 Å². The van der Waals surface area contributed by atoms with Crippen LogP contribution in [0.2, 0.25) is 0 Å². The van der Waals surface area contributed by atoms with Crippen molar-refractivity contribution in [3.8, 4) is 33.8 Å². The van der Waals surface area contributed by atoms with Crippen molar-refractivity contribution in [3.63, 3.8) is 0 Å². The summed E-state index contributed by atoms with van der Waals surface area (Å²) in [6, 6.07) is 53.5. The highest BCUT2D eigenvalue weighted by Crippen LogP contribution is 2.47. The van der Waals surface area contributed by atoms with Gasteiger partial charge in [0.05, 0.1) is 0 Å². The van der Waals surface area contributed by atoms with Gasteiger partial charge in [0.1, 0.15) is 11.5 Å². The fourth-order valence-electron chi connectivity index (χ4n) is 8.37. The number of anilines is 6. The summed E-state index contributed by atoms with van der Waals surface area (Å²) < 4.78 is 0. The maximum absolute atomic E-state index is 10.3. The largest absolute Gasteiger partial charge is 0.508 e. The van der Waals surface area contributed by atoms with Crippen molar-refractivity contribution in [2.24, 2.45) is 0 Å². The fourth-order valence-corrected chi connectivity index (χ4v) is 8.37. The predicted octanol–water partition coefficient (Wildman–Crippen LogP) is 11.1. The summed E-state index contributed by atoms with van der Waals surface area (Å²) in [4.78, 5) is 4.89. The first-order valence-corrected chi connectivity index (χ1v) is 19.2. The first kappa shape index (κ1) is 34.6. The number of fused-ring (bicyclic) bond motifs is 4. The lowest BCUT2D eigenvalue weighted by Gasteiger charge is -2.44. The van der Waals surface area contributed by atoms with Crippen LogP contribution in [0.5, 0.6) is 11.5 Å². The van der Waals surface area contributed by atoms with Crippen LogP contribution in [0.1, 0.15) is 52.7 Å². The van der Waals surface area contributed by atoms with E-state index in [9.17, 15) is 10.2 Å². The number of hydrogen-bond donors (Lipinski definition) is 2. The van der Waals surface area contributed by atoms with Crippen LogP contribution in [-0.2, 0) is 10.8 Å². The molecule has 0 bridgehead atoms. The molecule has 2 aliphatic heterocycles. The Balaban J connectivity index is 1.36. The van der Waals surface area contributed by atoms with E-state index in [1.807, 2.05) is 24.3 Å². The zero-order valence-electron chi connectivity index (χ0n) is 32.3. The molecule has 2 N–H and O–H groups in total. The quantitative estimate of drug-likeness (QED) is 0.178. The van der Waals surface area contributed by atoms with Gasteiger partial charge in [-0.05, 0) is 133 Å². The third-order valence-corrected chi connectivity index (χ3v) is 11.4. The van der Waals surface area contributed by atoms with Gasteiger partial charge in [-0.2, -0.15) is 0 Å². The highest BCUT2D eigenvalue weighted by molar-refractivity contribution is 7.00. The van der Waals surface area contributed by atoms with Gasteiger partial charge in [-0.25, -0.2) is 0 Å². The van der Waals surface area contributed by atoms with E-state index in [1.54, 1.807) is 24.3 Å². The van der Waals surface area contributed by atoms with Crippen LogP contribution >= 0.6 is 0 Å². The Morgan fingerprint density at radius 1 is 0.400 bits per heavy atom. The lowest BCUT2D eigenvalue weighted by atomic mass is 9.33. The average molecular weight is 717 g/mol. The maximum Gasteiger partial charge on any atom is 0.252 e. The van der Waals surface area contributed by atoms with E-state index in [-0.39, 0.29) is 29.0 Å². The first-order chi connectivity index (χ1) is 26.3. The van der Waals surface area contributed by atoms with E-state index < -0.39 is 0 Å². The molecule has 2 aliphatic rings. The van der Waals surface area contributed by atoms with Crippen molar-refractivity contribution in [1.82, 2.24) is 0 Å². The molecule has 7 aromatic carbocycles. The molecule has 0 amide bonds. The summed E-state index contributed by atoms with van der Waals surface area (Å²) in [5, 5.41) is 20.4. The molecule has 0 aliphatic carbocycles. The third kappa shape index (κ3) is 5.95. The summed E-state index contributed by atoms with van der Waals surface area (Å²) in [7, 11) is 0. The Hall–Kier alpha value is -6.20. The predicted molar refractivity (Wildman–Crippen MR) is 232 cm³/mol. The van der Waals surface area contributed by atoms with Gasteiger partial charge < -0.3 is 20.0 Å². The van der Waals surface area contributed by atoms with E-state index >= 15 is 0 Å². The molecule has 0 radical (unpaired) electrons. The number of rotatable bonds is 4. The molecule has 0 saturated heterocycles. The molecule has 55 heavy (non-hydrogen) atoms. The number of benzene rings is 7. The van der Waals surface area contributed by atoms with Gasteiger partial charge >= 0.3 is 0 Å². The molecule has 0 saturated carbocycles. The standard InChI is InChI=1S/C50H45BN2O2/c1-49(2,3)36-16-20-38(21-17-36)52-44-10-8-7-9-42(44)51-43-28-15-34(32-11-24-40(54)25-12-32)29-45(43)53(39-22-18-37(19-23-39)50(4,5)6)47-31-35(30-46(52)48(47)51)33-13-26-41(55)27-14-33/h7-31,54-55H,1-6H3. The summed E-state index contributed by atoms with van der Waals surface area (Å²) >= 11 is 0. The number of nitrogens with zero attached hydrogens (tertiary/aromatic N) is 2. The molecule has 9 rings (SSSR count). The molecule has 2 heterocycles. The summed E-state index contributed by atoms with van der Waals surface area (Å²) in [5.74, 6) is 0.496. The van der Waals surface area contributed by atoms with Crippen molar-refractivity contribution >= 4 is 57.2 Å². The Labute approximate surface area is 325 Å². The molecule has 0 fully saturated rings. The number of phenolic OH excluding ortho intramolecular Hbond substituents is 2. The normalized spacial score (nSPS) is 13.3. The Morgan fingerprint density at radius 3 is 1.33 bits per heavy atom. The molecule has 0 atom stereocenters. The van der Waals surface area contributed by atoms with Gasteiger partial charge in [-0.15, -0.1) is 0 Å². The second-order valence-electron chi connectivity index (χ2n) is 17.1. The lowest BCUT2D eigenvalue weighted by Crippen LogP contribution is -2.61. The number of phenols is 2. The fraction of sp³-hybridized carbons (Fsp3) is 0.160. The van der Waals surface area contributed by atoms with Crippen molar-refractivity contribution in [3.05, 3.63) is 163 Å². The number of aromatic hydroxyl groups is 2. The van der Waals surface area contributed by atoms with Crippen LogP contribution < -0.4 is 26.2 Å². The van der Waals surface area contributed by atoms with Gasteiger partial charge in [-0.3, -0.25) is 0 Å². The minimum atomic E-state index is -0.0193. The van der Waals surface area contributed by atoms with Crippen molar-refractivity contribution < 1.29 is 10.2 Å². The van der Waals surface area contributed by atoms with E-state index in [2.05, 4.69) is 154 Å².